The molecule has 0 atom stereocenters. The highest BCUT2D eigenvalue weighted by Gasteiger charge is 2.19. The summed E-state index contributed by atoms with van der Waals surface area (Å²) in [6.07, 6.45) is 6.06. The molecule has 0 aliphatic carbocycles. The number of benzene rings is 2. The van der Waals surface area contributed by atoms with E-state index in [9.17, 15) is 0 Å². The van der Waals surface area contributed by atoms with E-state index < -0.39 is 0 Å². The molecule has 0 spiro atoms. The van der Waals surface area contributed by atoms with Gasteiger partial charge in [0.25, 0.3) is 0 Å². The second-order valence-electron chi connectivity index (χ2n) is 6.72. The van der Waals surface area contributed by atoms with Crippen molar-refractivity contribution in [3.8, 4) is 0 Å². The van der Waals surface area contributed by atoms with Gasteiger partial charge in [0.2, 0.25) is 0 Å². The lowest BCUT2D eigenvalue weighted by molar-refractivity contribution is 0.211. The van der Waals surface area contributed by atoms with Crippen LogP contribution >= 0.6 is 11.6 Å². The molecular weight excluding hydrogens is 330 g/mol. The summed E-state index contributed by atoms with van der Waals surface area (Å²) in [5, 5.41) is 6.98. The minimum absolute atomic E-state index is 0.529. The molecule has 25 heavy (non-hydrogen) atoms. The van der Waals surface area contributed by atoms with Gasteiger partial charge in [-0.1, -0.05) is 35.9 Å². The molecule has 3 aromatic rings. The topological polar surface area (TPSA) is 28.2 Å². The molecule has 4 heteroatoms. The van der Waals surface area contributed by atoms with Gasteiger partial charge in [-0.2, -0.15) is 0 Å². The summed E-state index contributed by atoms with van der Waals surface area (Å²) < 4.78 is 0. The van der Waals surface area contributed by atoms with Gasteiger partial charge in [0.1, 0.15) is 0 Å². The molecule has 0 radical (unpaired) electrons. The highest BCUT2D eigenvalue weighted by atomic mass is 35.5. The van der Waals surface area contributed by atoms with E-state index in [2.05, 4.69) is 51.6 Å². The van der Waals surface area contributed by atoms with Crippen LogP contribution in [0.15, 0.2) is 60.9 Å². The standard InChI is InChI=1S/C21H22ClN3/c22-21-4-2-1-3-18(21)15-25-11-8-19(9-12-25)24-20-6-5-17-14-23-10-7-16(17)13-20/h1-7,10,13-14,19,24H,8-9,11-12,15H2. The van der Waals surface area contributed by atoms with Crippen LogP contribution < -0.4 is 5.32 Å². The summed E-state index contributed by atoms with van der Waals surface area (Å²) >= 11 is 6.28. The van der Waals surface area contributed by atoms with Gasteiger partial charge >= 0.3 is 0 Å². The van der Waals surface area contributed by atoms with Crippen molar-refractivity contribution in [2.24, 2.45) is 0 Å². The molecule has 128 valence electrons. The van der Waals surface area contributed by atoms with Crippen LogP contribution in [-0.4, -0.2) is 29.0 Å². The maximum atomic E-state index is 6.28. The Labute approximate surface area is 153 Å². The van der Waals surface area contributed by atoms with Gasteiger partial charge in [0, 0.05) is 54.2 Å². The molecule has 3 nitrogen and oxygen atoms in total. The summed E-state index contributed by atoms with van der Waals surface area (Å²) in [4.78, 5) is 6.66. The van der Waals surface area contributed by atoms with Crippen molar-refractivity contribution < 1.29 is 0 Å². The molecule has 2 heterocycles. The van der Waals surface area contributed by atoms with Gasteiger partial charge in [-0.05, 0) is 48.1 Å². The molecule has 0 bridgehead atoms. The Balaban J connectivity index is 1.34. The molecule has 1 fully saturated rings. The SMILES string of the molecule is Clc1ccccc1CN1CCC(Nc2ccc3cnccc3c2)CC1. The third-order valence-electron chi connectivity index (χ3n) is 4.95. The smallest absolute Gasteiger partial charge is 0.0451 e. The van der Waals surface area contributed by atoms with Crippen molar-refractivity contribution >= 4 is 28.1 Å². The Bertz CT molecular complexity index is 856. The van der Waals surface area contributed by atoms with Gasteiger partial charge in [0.05, 0.1) is 0 Å². The largest absolute Gasteiger partial charge is 0.382 e. The fourth-order valence-electron chi connectivity index (χ4n) is 3.51. The zero-order chi connectivity index (χ0) is 17.1. The van der Waals surface area contributed by atoms with Crippen LogP contribution in [-0.2, 0) is 6.54 Å². The highest BCUT2D eigenvalue weighted by molar-refractivity contribution is 6.31. The number of aromatic nitrogens is 1. The average Bonchev–Trinajstić information content (AvgIpc) is 2.65. The first kappa shape index (κ1) is 16.4. The van der Waals surface area contributed by atoms with E-state index in [0.717, 1.165) is 37.5 Å². The lowest BCUT2D eigenvalue weighted by Crippen LogP contribution is -2.38. The van der Waals surface area contributed by atoms with E-state index in [0.29, 0.717) is 6.04 Å². The van der Waals surface area contributed by atoms with Gasteiger partial charge in [0.15, 0.2) is 0 Å². The van der Waals surface area contributed by atoms with E-state index in [1.54, 1.807) is 0 Å². The van der Waals surface area contributed by atoms with E-state index >= 15 is 0 Å². The average molecular weight is 352 g/mol. The summed E-state index contributed by atoms with van der Waals surface area (Å²) in [5.41, 5.74) is 2.42. The van der Waals surface area contributed by atoms with Crippen LogP contribution in [0.3, 0.4) is 0 Å². The van der Waals surface area contributed by atoms with Crippen molar-refractivity contribution in [1.29, 1.82) is 0 Å². The molecule has 1 saturated heterocycles. The number of hydrogen-bond donors (Lipinski definition) is 1. The number of piperidine rings is 1. The van der Waals surface area contributed by atoms with E-state index in [4.69, 9.17) is 11.6 Å². The molecule has 0 saturated carbocycles. The van der Waals surface area contributed by atoms with Crippen molar-refractivity contribution in [2.75, 3.05) is 18.4 Å². The predicted octanol–water partition coefficient (Wildman–Crippen LogP) is 4.96. The second-order valence-corrected chi connectivity index (χ2v) is 7.13. The first-order valence-corrected chi connectivity index (χ1v) is 9.22. The molecule has 4 rings (SSSR count). The Morgan fingerprint density at radius 3 is 2.72 bits per heavy atom. The van der Waals surface area contributed by atoms with Gasteiger partial charge in [-0.15, -0.1) is 0 Å². The number of anilines is 1. The lowest BCUT2D eigenvalue weighted by Gasteiger charge is -2.33. The first-order chi connectivity index (χ1) is 12.3. The number of nitrogens with zero attached hydrogens (tertiary/aromatic N) is 2. The number of rotatable bonds is 4. The second kappa shape index (κ2) is 7.42. The van der Waals surface area contributed by atoms with Crippen molar-refractivity contribution in [3.63, 3.8) is 0 Å². The first-order valence-electron chi connectivity index (χ1n) is 8.84. The summed E-state index contributed by atoms with van der Waals surface area (Å²) in [7, 11) is 0. The molecule has 1 aliphatic rings. The molecule has 2 aromatic carbocycles. The zero-order valence-corrected chi connectivity index (χ0v) is 14.9. The minimum Gasteiger partial charge on any atom is -0.382 e. The normalized spacial score (nSPS) is 16.2. The molecule has 1 N–H and O–H groups in total. The number of halogens is 1. The molecular formula is C21H22ClN3. The Morgan fingerprint density at radius 1 is 1.04 bits per heavy atom. The van der Waals surface area contributed by atoms with E-state index in [-0.39, 0.29) is 0 Å². The van der Waals surface area contributed by atoms with Crippen LogP contribution in [0.1, 0.15) is 18.4 Å². The van der Waals surface area contributed by atoms with Crippen molar-refractivity contribution in [2.45, 2.75) is 25.4 Å². The van der Waals surface area contributed by atoms with Crippen molar-refractivity contribution in [3.05, 3.63) is 71.5 Å². The Kier molecular flexibility index (Phi) is 4.86. The third-order valence-corrected chi connectivity index (χ3v) is 5.32. The summed E-state index contributed by atoms with van der Waals surface area (Å²) in [5.74, 6) is 0. The molecule has 1 aromatic heterocycles. The van der Waals surface area contributed by atoms with Crippen LogP contribution in [0, 0.1) is 0 Å². The predicted molar refractivity (Wildman–Crippen MR) is 105 cm³/mol. The van der Waals surface area contributed by atoms with Gasteiger partial charge < -0.3 is 5.32 Å². The number of nitrogens with one attached hydrogen (secondary N) is 1. The summed E-state index contributed by atoms with van der Waals surface area (Å²) in [6, 6.07) is 17.2. The van der Waals surface area contributed by atoms with Crippen LogP contribution in [0.5, 0.6) is 0 Å². The third kappa shape index (κ3) is 3.94. The fraction of sp³-hybridized carbons (Fsp3) is 0.286. The number of hydrogen-bond acceptors (Lipinski definition) is 3. The fourth-order valence-corrected chi connectivity index (χ4v) is 3.71. The minimum atomic E-state index is 0.529. The number of fused-ring (bicyclic) bond motifs is 1. The lowest BCUT2D eigenvalue weighted by atomic mass is 10.0. The Morgan fingerprint density at radius 2 is 1.88 bits per heavy atom. The number of likely N-dealkylation sites (tertiary alicyclic amines) is 1. The van der Waals surface area contributed by atoms with Gasteiger partial charge in [-0.25, -0.2) is 0 Å². The van der Waals surface area contributed by atoms with E-state index in [1.165, 1.54) is 22.0 Å². The molecule has 0 unspecified atom stereocenters. The van der Waals surface area contributed by atoms with Gasteiger partial charge in [-0.3, -0.25) is 9.88 Å². The maximum absolute atomic E-state index is 6.28. The summed E-state index contributed by atoms with van der Waals surface area (Å²) in [6.45, 7) is 3.14. The Hall–Kier alpha value is -2.10. The van der Waals surface area contributed by atoms with Crippen LogP contribution in [0.4, 0.5) is 5.69 Å². The zero-order valence-electron chi connectivity index (χ0n) is 14.2. The van der Waals surface area contributed by atoms with Crippen LogP contribution in [0.25, 0.3) is 10.8 Å². The maximum Gasteiger partial charge on any atom is 0.0451 e. The van der Waals surface area contributed by atoms with Crippen molar-refractivity contribution in [1.82, 2.24) is 9.88 Å². The highest BCUT2D eigenvalue weighted by Crippen LogP contribution is 2.23. The van der Waals surface area contributed by atoms with Crippen LogP contribution in [0.2, 0.25) is 5.02 Å². The number of pyridine rings is 1. The molecule has 1 aliphatic heterocycles. The quantitative estimate of drug-likeness (QED) is 0.719. The monoisotopic (exact) mass is 351 g/mol. The van der Waals surface area contributed by atoms with E-state index in [1.807, 2.05) is 24.5 Å². The molecule has 0 amide bonds.